The number of para-hydroxylation sites is 2. The van der Waals surface area contributed by atoms with Crippen LogP contribution in [0.1, 0.15) is 27.7 Å². The zero-order valence-electron chi connectivity index (χ0n) is 38.2. The van der Waals surface area contributed by atoms with Crippen LogP contribution in [-0.2, 0) is 5.41 Å². The topological polar surface area (TPSA) is 16.4 Å². The molecular weight excluding hydrogens is 763 g/mol. The van der Waals surface area contributed by atoms with Crippen LogP contribution in [0.25, 0.3) is 66.4 Å². The molecule has 0 unspecified atom stereocenters. The Morgan fingerprint density at radius 1 is 0.349 bits per heavy atom. The highest BCUT2D eigenvalue weighted by molar-refractivity contribution is 6.09. The number of nitrogens with zero attached hydrogens (tertiary/aromatic N) is 1. The number of hydrogen-bond acceptors (Lipinski definition) is 2. The first-order valence-electron chi connectivity index (χ1n) is 23.3. The van der Waals surface area contributed by atoms with Gasteiger partial charge in [-0.3, -0.25) is 0 Å². The molecule has 1 heterocycles. The van der Waals surface area contributed by atoms with Crippen molar-refractivity contribution in [3.05, 3.63) is 271 Å². The molecule has 296 valence electrons. The van der Waals surface area contributed by atoms with Crippen LogP contribution >= 0.6 is 0 Å². The average molecular weight is 808 g/mol. The number of rotatable bonds is 8. The quantitative estimate of drug-likeness (QED) is 0.152. The molecule has 1 aliphatic rings. The average Bonchev–Trinajstić information content (AvgIpc) is 3.92. The fourth-order valence-corrected chi connectivity index (χ4v) is 9.76. The lowest BCUT2D eigenvalue weighted by Gasteiger charge is -2.35. The van der Waals surface area contributed by atoms with Gasteiger partial charge in [0.25, 0.3) is 0 Å². The maximum absolute atomic E-state index is 9.88. The van der Waals surface area contributed by atoms with Crippen molar-refractivity contribution in [2.24, 2.45) is 0 Å². The van der Waals surface area contributed by atoms with E-state index in [2.05, 4.69) is 133 Å². The molecule has 0 radical (unpaired) electrons. The van der Waals surface area contributed by atoms with Gasteiger partial charge in [-0.1, -0.05) is 206 Å². The SMILES string of the molecule is [2H]c1c([2H])c(N(c2ccc(-c3ccc(-c4ccccc4)cc3)cc2)c2ccc3c(c2)C(c2ccccc2)(c2ccccc2)c2ccccc2-3)c([2H])c([2H])c1-c1cccc2c1oc1ccccc12. The molecule has 1 aliphatic carbocycles. The Kier molecular flexibility index (Phi) is 7.78. The largest absolute Gasteiger partial charge is 0.455 e. The summed E-state index contributed by atoms with van der Waals surface area (Å²) >= 11 is 0. The Hall–Kier alpha value is -8.20. The molecule has 2 heteroatoms. The molecule has 2 nitrogen and oxygen atoms in total. The van der Waals surface area contributed by atoms with E-state index < -0.39 is 5.41 Å². The summed E-state index contributed by atoms with van der Waals surface area (Å²) in [5.41, 5.74) is 13.8. The first kappa shape index (κ1) is 32.6. The molecule has 0 saturated carbocycles. The lowest BCUT2D eigenvalue weighted by atomic mass is 9.67. The van der Waals surface area contributed by atoms with Gasteiger partial charge in [-0.25, -0.2) is 0 Å². The Bertz CT molecular complexity index is 3590. The van der Waals surface area contributed by atoms with Crippen LogP contribution in [0.3, 0.4) is 0 Å². The van der Waals surface area contributed by atoms with Crippen molar-refractivity contribution in [1.82, 2.24) is 0 Å². The fourth-order valence-electron chi connectivity index (χ4n) is 9.76. The van der Waals surface area contributed by atoms with Crippen molar-refractivity contribution < 1.29 is 9.90 Å². The summed E-state index contributed by atoms with van der Waals surface area (Å²) in [4.78, 5) is 1.90. The molecule has 10 aromatic carbocycles. The highest BCUT2D eigenvalue weighted by atomic mass is 16.3. The third-order valence-corrected chi connectivity index (χ3v) is 12.7. The Morgan fingerprint density at radius 2 is 0.857 bits per heavy atom. The molecule has 1 aromatic heterocycles. The van der Waals surface area contributed by atoms with Gasteiger partial charge >= 0.3 is 0 Å². The van der Waals surface area contributed by atoms with Crippen molar-refractivity contribution in [2.45, 2.75) is 5.41 Å². The zero-order chi connectivity index (χ0) is 45.2. The van der Waals surface area contributed by atoms with Gasteiger partial charge in [0.1, 0.15) is 11.2 Å². The van der Waals surface area contributed by atoms with Crippen molar-refractivity contribution in [3.8, 4) is 44.5 Å². The van der Waals surface area contributed by atoms with Crippen molar-refractivity contribution in [1.29, 1.82) is 0 Å². The van der Waals surface area contributed by atoms with Crippen LogP contribution in [0.15, 0.2) is 253 Å². The molecule has 0 saturated heterocycles. The minimum absolute atomic E-state index is 0.149. The third kappa shape index (κ3) is 6.02. The Labute approximate surface area is 373 Å². The summed E-state index contributed by atoms with van der Waals surface area (Å²) in [6.07, 6.45) is 0. The molecule has 0 spiro atoms. The number of benzene rings is 10. The number of anilines is 3. The van der Waals surface area contributed by atoms with Crippen molar-refractivity contribution >= 4 is 39.0 Å². The lowest BCUT2D eigenvalue weighted by Crippen LogP contribution is -2.28. The van der Waals surface area contributed by atoms with E-state index in [4.69, 9.17) is 4.42 Å². The van der Waals surface area contributed by atoms with Gasteiger partial charge in [-0.15, -0.1) is 0 Å². The van der Waals surface area contributed by atoms with Crippen LogP contribution < -0.4 is 4.90 Å². The smallest absolute Gasteiger partial charge is 0.143 e. The van der Waals surface area contributed by atoms with Gasteiger partial charge in [0.2, 0.25) is 0 Å². The fraction of sp³-hybridized carbons (Fsp3) is 0.0164. The Morgan fingerprint density at radius 3 is 1.54 bits per heavy atom. The van der Waals surface area contributed by atoms with Crippen LogP contribution in [0.2, 0.25) is 0 Å². The van der Waals surface area contributed by atoms with Crippen LogP contribution in [0.5, 0.6) is 0 Å². The monoisotopic (exact) mass is 807 g/mol. The van der Waals surface area contributed by atoms with E-state index in [-0.39, 0.29) is 35.4 Å². The van der Waals surface area contributed by atoms with E-state index in [1.807, 2.05) is 95.9 Å². The third-order valence-electron chi connectivity index (χ3n) is 12.7. The van der Waals surface area contributed by atoms with Gasteiger partial charge in [0, 0.05) is 33.4 Å². The summed E-state index contributed by atoms with van der Waals surface area (Å²) < 4.78 is 45.5. The summed E-state index contributed by atoms with van der Waals surface area (Å²) in [7, 11) is 0. The van der Waals surface area contributed by atoms with E-state index in [1.165, 1.54) is 5.56 Å². The first-order chi connectivity index (χ1) is 32.9. The Balaban J connectivity index is 1.07. The molecule has 11 aromatic rings. The van der Waals surface area contributed by atoms with Gasteiger partial charge in [-0.05, 0) is 104 Å². The first-order valence-corrected chi connectivity index (χ1v) is 21.3. The molecule has 0 aliphatic heterocycles. The molecule has 63 heavy (non-hydrogen) atoms. The second-order valence-corrected chi connectivity index (χ2v) is 16.1. The minimum atomic E-state index is -0.699. The van der Waals surface area contributed by atoms with Gasteiger partial charge in [-0.2, -0.15) is 0 Å². The van der Waals surface area contributed by atoms with E-state index in [0.29, 0.717) is 28.1 Å². The molecule has 0 N–H and O–H groups in total. The highest BCUT2D eigenvalue weighted by Gasteiger charge is 2.46. The number of hydrogen-bond donors (Lipinski definition) is 0. The maximum Gasteiger partial charge on any atom is 0.143 e. The second-order valence-electron chi connectivity index (χ2n) is 16.1. The summed E-state index contributed by atoms with van der Waals surface area (Å²) in [6, 6.07) is 76.0. The van der Waals surface area contributed by atoms with E-state index in [1.54, 1.807) is 0 Å². The van der Waals surface area contributed by atoms with E-state index in [0.717, 1.165) is 60.8 Å². The molecule has 0 bridgehead atoms. The van der Waals surface area contributed by atoms with Gasteiger partial charge < -0.3 is 9.32 Å². The lowest BCUT2D eigenvalue weighted by molar-refractivity contribution is 0.670. The molecule has 0 fully saturated rings. The maximum atomic E-state index is 9.88. The van der Waals surface area contributed by atoms with Gasteiger partial charge in [0.05, 0.1) is 10.9 Å². The predicted molar refractivity (Wildman–Crippen MR) is 262 cm³/mol. The predicted octanol–water partition coefficient (Wildman–Crippen LogP) is 16.4. The highest BCUT2D eigenvalue weighted by Crippen LogP contribution is 2.57. The summed E-state index contributed by atoms with van der Waals surface area (Å²) in [5, 5.41) is 1.78. The second kappa shape index (κ2) is 15.1. The summed E-state index contributed by atoms with van der Waals surface area (Å²) in [5.74, 6) is 0. The van der Waals surface area contributed by atoms with Crippen LogP contribution in [-0.4, -0.2) is 0 Å². The zero-order valence-corrected chi connectivity index (χ0v) is 34.2. The van der Waals surface area contributed by atoms with E-state index in [9.17, 15) is 5.48 Å². The summed E-state index contributed by atoms with van der Waals surface area (Å²) in [6.45, 7) is 0. The molecule has 12 rings (SSSR count). The molecule has 0 amide bonds. The van der Waals surface area contributed by atoms with Gasteiger partial charge in [0.15, 0.2) is 0 Å². The van der Waals surface area contributed by atoms with E-state index >= 15 is 0 Å². The molecular formula is C61H41NO. The normalized spacial score (nSPS) is 13.5. The minimum Gasteiger partial charge on any atom is -0.455 e. The van der Waals surface area contributed by atoms with Crippen molar-refractivity contribution in [2.75, 3.05) is 4.90 Å². The van der Waals surface area contributed by atoms with Crippen molar-refractivity contribution in [3.63, 3.8) is 0 Å². The number of furan rings is 1. The molecule has 0 atom stereocenters. The van der Waals surface area contributed by atoms with Crippen LogP contribution in [0.4, 0.5) is 17.1 Å². The van der Waals surface area contributed by atoms with Crippen LogP contribution in [0, 0.1) is 0 Å². The standard InChI is InChI=1S/C61H41NO/c1-4-15-42(16-5-1)43-27-29-44(30-28-43)45-31-35-49(36-32-45)62(50-37-33-46(34-38-50)52-23-14-24-56-55-22-11-13-26-59(55)63-60(52)56)51-39-40-54-53-21-10-12-25-57(53)61(58(54)41-51,47-17-6-2-7-18-47)48-19-8-3-9-20-48/h1-41H/i33D,34D,37D,38D. The number of fused-ring (bicyclic) bond motifs is 6.